The molecule has 0 unspecified atom stereocenters. The van der Waals surface area contributed by atoms with Gasteiger partial charge in [0.05, 0.1) is 26.2 Å². The summed E-state index contributed by atoms with van der Waals surface area (Å²) in [6, 6.07) is 0. The fourth-order valence-corrected chi connectivity index (χ4v) is 2.64. The fourth-order valence-electron chi connectivity index (χ4n) is 2.64. The van der Waals surface area contributed by atoms with E-state index in [0.717, 1.165) is 0 Å². The van der Waals surface area contributed by atoms with E-state index in [4.69, 9.17) is 0 Å². The molecule has 2 nitrogen and oxygen atoms in total. The first-order valence-corrected chi connectivity index (χ1v) is 11.0. The van der Waals surface area contributed by atoms with E-state index in [1.54, 1.807) is 12.5 Å². The van der Waals surface area contributed by atoms with Gasteiger partial charge < -0.3 is 9.19 Å². The Morgan fingerprint density at radius 2 is 0.818 bits per heavy atom. The average molecular weight is 340 g/mol. The van der Waals surface area contributed by atoms with Gasteiger partial charge in [0.2, 0.25) is 0 Å². The molecule has 0 bridgehead atoms. The summed E-state index contributed by atoms with van der Waals surface area (Å²) >= 11 is 0. The van der Waals surface area contributed by atoms with Crippen molar-refractivity contribution in [2.24, 2.45) is 0 Å². The third-order valence-corrected chi connectivity index (χ3v) is 3.94. The Kier molecular flexibility index (Phi) is 23.4. The summed E-state index contributed by atoms with van der Waals surface area (Å²) in [6.07, 6.45) is 14.3. The van der Waals surface area contributed by atoms with E-state index in [9.17, 15) is 4.21 Å². The summed E-state index contributed by atoms with van der Waals surface area (Å²) in [7, 11) is -0.611. The summed E-state index contributed by atoms with van der Waals surface area (Å²) in [6.45, 7) is 15.0. The van der Waals surface area contributed by atoms with Crippen LogP contribution in [0.2, 0.25) is 0 Å². The summed E-state index contributed by atoms with van der Waals surface area (Å²) in [5, 5.41) is 0. The third-order valence-electron chi connectivity index (χ3n) is 3.94. The van der Waals surface area contributed by atoms with Gasteiger partial charge in [-0.1, -0.05) is 53.4 Å². The molecule has 0 radical (unpaired) electrons. The van der Waals surface area contributed by atoms with Crippen molar-refractivity contribution in [3.8, 4) is 0 Å². The minimum absolute atomic E-state index is 0. The summed E-state index contributed by atoms with van der Waals surface area (Å²) < 4.78 is 11.0. The summed E-state index contributed by atoms with van der Waals surface area (Å²) in [5.74, 6) is 0. The number of halogens is 1. The van der Waals surface area contributed by atoms with Crippen molar-refractivity contribution in [3.05, 3.63) is 0 Å². The molecule has 0 amide bonds. The molecule has 0 heterocycles. The van der Waals surface area contributed by atoms with Crippen molar-refractivity contribution in [3.63, 3.8) is 0 Å². The van der Waals surface area contributed by atoms with E-state index in [0.29, 0.717) is 0 Å². The van der Waals surface area contributed by atoms with Crippen LogP contribution in [-0.2, 0) is 10.8 Å². The van der Waals surface area contributed by atoms with E-state index >= 15 is 0 Å². The molecule has 0 aromatic rings. The molecule has 0 saturated heterocycles. The predicted molar refractivity (Wildman–Crippen MR) is 99.4 cm³/mol. The second-order valence-electron chi connectivity index (χ2n) is 6.39. The van der Waals surface area contributed by atoms with Crippen LogP contribution in [0, 0.1) is 0 Å². The molecule has 0 N–H and O–H groups in total. The van der Waals surface area contributed by atoms with E-state index in [2.05, 4.69) is 27.7 Å². The van der Waals surface area contributed by atoms with Gasteiger partial charge in [0.25, 0.3) is 0 Å². The average Bonchev–Trinajstić information content (AvgIpc) is 2.45. The van der Waals surface area contributed by atoms with E-state index in [-0.39, 0.29) is 4.70 Å². The Hall–Kier alpha value is 0.0400. The number of unbranched alkanes of at least 4 members (excludes halogenated alkanes) is 4. The molecule has 0 aromatic carbocycles. The van der Waals surface area contributed by atoms with Crippen LogP contribution in [0.25, 0.3) is 0 Å². The van der Waals surface area contributed by atoms with Gasteiger partial charge in [0.1, 0.15) is 0 Å². The Labute approximate surface area is 142 Å². The van der Waals surface area contributed by atoms with Gasteiger partial charge in [-0.15, -0.1) is 0 Å². The van der Waals surface area contributed by atoms with Gasteiger partial charge in [-0.05, 0) is 25.7 Å². The molecule has 0 spiro atoms. The first-order chi connectivity index (χ1) is 9.97. The van der Waals surface area contributed by atoms with Crippen molar-refractivity contribution in [1.29, 1.82) is 0 Å². The first kappa shape index (κ1) is 26.9. The van der Waals surface area contributed by atoms with E-state index in [1.807, 2.05) is 0 Å². The highest BCUT2D eigenvalue weighted by atomic mass is 32.2. The van der Waals surface area contributed by atoms with Crippen molar-refractivity contribution < 1.29 is 13.4 Å². The molecular formula is C18H42FNOS. The first-order valence-electron chi connectivity index (χ1n) is 9.08. The molecule has 0 atom stereocenters. The second-order valence-corrected chi connectivity index (χ2v) is 7.88. The number of quaternary nitrogens is 1. The minimum atomic E-state index is -0.611. The lowest BCUT2D eigenvalue weighted by atomic mass is 10.1. The number of rotatable bonds is 12. The zero-order valence-corrected chi connectivity index (χ0v) is 16.9. The maximum absolute atomic E-state index is 9.56. The van der Waals surface area contributed by atoms with Crippen LogP contribution in [0.3, 0.4) is 0 Å². The highest BCUT2D eigenvalue weighted by molar-refractivity contribution is 7.83. The molecule has 22 heavy (non-hydrogen) atoms. The van der Waals surface area contributed by atoms with Gasteiger partial charge in [-0.25, -0.2) is 0 Å². The van der Waals surface area contributed by atoms with Gasteiger partial charge in [0.15, 0.2) is 0 Å². The minimum Gasteiger partial charge on any atom is -1.00 e. The zero-order chi connectivity index (χ0) is 16.6. The van der Waals surface area contributed by atoms with Crippen LogP contribution in [0.15, 0.2) is 0 Å². The lowest BCUT2D eigenvalue weighted by Gasteiger charge is -2.39. The molecule has 0 saturated carbocycles. The SMILES string of the molecule is CCCC[N+](CCCC)(CCCC)CCCC.CS(C)=O.[F-]. The van der Waals surface area contributed by atoms with Crippen LogP contribution in [0.1, 0.15) is 79.1 Å². The molecule has 0 aliphatic rings. The molecule has 0 aliphatic heterocycles. The van der Waals surface area contributed by atoms with E-state index in [1.165, 1.54) is 82.0 Å². The highest BCUT2D eigenvalue weighted by Crippen LogP contribution is 2.16. The number of hydrogen-bond acceptors (Lipinski definition) is 1. The largest absolute Gasteiger partial charge is 1.00 e. The van der Waals surface area contributed by atoms with E-state index < -0.39 is 10.8 Å². The van der Waals surface area contributed by atoms with Gasteiger partial charge in [-0.2, -0.15) is 0 Å². The maximum Gasteiger partial charge on any atom is 0.0786 e. The number of nitrogens with zero attached hydrogens (tertiary/aromatic N) is 1. The smallest absolute Gasteiger partial charge is 0.0786 e. The monoisotopic (exact) mass is 339 g/mol. The summed E-state index contributed by atoms with van der Waals surface area (Å²) in [4.78, 5) is 0. The van der Waals surface area contributed by atoms with Crippen LogP contribution in [0.4, 0.5) is 0 Å². The maximum atomic E-state index is 9.56. The molecule has 0 fully saturated rings. The molecule has 0 rings (SSSR count). The third kappa shape index (κ3) is 18.1. The molecule has 4 heteroatoms. The molecular weight excluding hydrogens is 297 g/mol. The van der Waals surface area contributed by atoms with Gasteiger partial charge in [-0.3, -0.25) is 4.21 Å². The zero-order valence-electron chi connectivity index (χ0n) is 16.1. The fraction of sp³-hybridized carbons (Fsp3) is 1.00. The standard InChI is InChI=1S/C16H36N.C2H6OS.FH/c1-5-9-13-17(14-10-6-2,15-11-7-3)16-12-8-4;1-4(2)3;/h5-16H2,1-4H3;1-2H3;1H/q+1;;/p-1. The Balaban J connectivity index is -0.000000640. The Morgan fingerprint density at radius 1 is 0.636 bits per heavy atom. The molecule has 0 aromatic heterocycles. The Bertz CT molecular complexity index is 196. The van der Waals surface area contributed by atoms with Crippen molar-refractivity contribution in [2.45, 2.75) is 79.1 Å². The predicted octanol–water partition coefficient (Wildman–Crippen LogP) is 2.00. The van der Waals surface area contributed by atoms with Gasteiger partial charge >= 0.3 is 0 Å². The lowest BCUT2D eigenvalue weighted by Crippen LogP contribution is -3.00. The van der Waals surface area contributed by atoms with Crippen molar-refractivity contribution in [2.75, 3.05) is 38.7 Å². The van der Waals surface area contributed by atoms with Gasteiger partial charge in [0, 0.05) is 23.3 Å². The second kappa shape index (κ2) is 19.1. The lowest BCUT2D eigenvalue weighted by molar-refractivity contribution is -0.929. The van der Waals surface area contributed by atoms with Crippen molar-refractivity contribution in [1.82, 2.24) is 0 Å². The van der Waals surface area contributed by atoms with Crippen molar-refractivity contribution >= 4 is 10.8 Å². The quantitative estimate of drug-likeness (QED) is 0.497. The highest BCUT2D eigenvalue weighted by Gasteiger charge is 2.24. The number of hydrogen-bond donors (Lipinski definition) is 0. The Morgan fingerprint density at radius 3 is 0.955 bits per heavy atom. The van der Waals surface area contributed by atoms with Crippen LogP contribution in [0.5, 0.6) is 0 Å². The molecule has 138 valence electrons. The normalized spacial score (nSPS) is 10.9. The van der Waals surface area contributed by atoms with Crippen LogP contribution < -0.4 is 4.70 Å². The van der Waals surface area contributed by atoms with Crippen LogP contribution in [-0.4, -0.2) is 47.4 Å². The van der Waals surface area contributed by atoms with Crippen LogP contribution >= 0.6 is 0 Å². The summed E-state index contributed by atoms with van der Waals surface area (Å²) in [5.41, 5.74) is 0. The molecule has 0 aliphatic carbocycles. The topological polar surface area (TPSA) is 17.1 Å².